The van der Waals surface area contributed by atoms with E-state index in [1.807, 2.05) is 0 Å². The molecule has 162 valence electrons. The van der Waals surface area contributed by atoms with Gasteiger partial charge in [0.1, 0.15) is 0 Å². The fraction of sp³-hybridized carbons (Fsp3) is 0.909. The van der Waals surface area contributed by atoms with E-state index in [0.717, 1.165) is 37.5 Å². The van der Waals surface area contributed by atoms with Crippen molar-refractivity contribution in [1.29, 1.82) is 0 Å². The fourth-order valence-corrected chi connectivity index (χ4v) is 3.52. The average Bonchev–Trinajstić information content (AvgIpc) is 2.57. The van der Waals surface area contributed by atoms with E-state index in [9.17, 15) is 9.59 Å². The van der Waals surface area contributed by atoms with Gasteiger partial charge in [0.25, 0.3) is 0 Å². The third kappa shape index (κ3) is 23.2. The molecule has 2 unspecified atom stereocenters. The van der Waals surface area contributed by atoms with Crippen LogP contribution in [0.1, 0.15) is 117 Å². The Morgan fingerprint density at radius 3 is 1.11 bits per heavy atom. The highest BCUT2D eigenvalue weighted by Gasteiger charge is 2.06. The molecule has 0 saturated carbocycles. The van der Waals surface area contributed by atoms with E-state index in [2.05, 4.69) is 13.8 Å². The van der Waals surface area contributed by atoms with Gasteiger partial charge in [-0.3, -0.25) is 9.59 Å². The molecule has 27 heavy (non-hydrogen) atoms. The molecule has 0 radical (unpaired) electrons. The maximum atomic E-state index is 10.4. The van der Waals surface area contributed by atoms with E-state index in [1.165, 1.54) is 64.2 Å². The second-order valence-electron chi connectivity index (χ2n) is 8.19. The molecule has 0 aromatic heterocycles. The maximum Gasteiger partial charge on any atom is 0.303 e. The van der Waals surface area contributed by atoms with Gasteiger partial charge in [0, 0.05) is 12.8 Å². The molecule has 0 aliphatic heterocycles. The number of aliphatic carboxylic acids is 2. The molecule has 0 aromatic rings. The fourth-order valence-electron chi connectivity index (χ4n) is 3.52. The standard InChI is InChI=1S/C22H42O4.ClH/c1-19(13-7-3-5-9-17-21(23)24)15-11-12-16-20(2)14-8-4-6-10-18-22(25)26;/h19-20H,3-18H2,1-2H3,(H,23,24)(H,25,26);1H. The molecule has 0 aromatic carbocycles. The number of halogens is 1. The molecule has 2 atom stereocenters. The maximum absolute atomic E-state index is 10.4. The lowest BCUT2D eigenvalue weighted by molar-refractivity contribution is -0.138. The molecule has 0 fully saturated rings. The second-order valence-corrected chi connectivity index (χ2v) is 8.19. The number of unbranched alkanes of at least 4 members (excludes halogenated alkanes) is 7. The lowest BCUT2D eigenvalue weighted by Gasteiger charge is -2.13. The number of carboxylic acids is 2. The summed E-state index contributed by atoms with van der Waals surface area (Å²) in [5.74, 6) is 0.231. The molecule has 4 nitrogen and oxygen atoms in total. The van der Waals surface area contributed by atoms with Gasteiger partial charge in [0.05, 0.1) is 0 Å². The minimum Gasteiger partial charge on any atom is -0.481 e. The summed E-state index contributed by atoms with van der Waals surface area (Å²) in [5, 5.41) is 17.2. The molecule has 0 spiro atoms. The Kier molecular flexibility index (Phi) is 21.0. The quantitative estimate of drug-likeness (QED) is 0.224. The van der Waals surface area contributed by atoms with Crippen LogP contribution in [-0.2, 0) is 9.59 Å². The Morgan fingerprint density at radius 1 is 0.556 bits per heavy atom. The van der Waals surface area contributed by atoms with Crippen molar-refractivity contribution in [1.82, 2.24) is 0 Å². The van der Waals surface area contributed by atoms with Crippen molar-refractivity contribution < 1.29 is 19.8 Å². The van der Waals surface area contributed by atoms with Gasteiger partial charge in [-0.2, -0.15) is 0 Å². The van der Waals surface area contributed by atoms with Gasteiger partial charge in [0.15, 0.2) is 0 Å². The van der Waals surface area contributed by atoms with Crippen LogP contribution in [0.3, 0.4) is 0 Å². The second kappa shape index (κ2) is 20.0. The molecule has 5 heteroatoms. The lowest BCUT2D eigenvalue weighted by Crippen LogP contribution is -1.99. The van der Waals surface area contributed by atoms with Crippen molar-refractivity contribution in [2.45, 2.75) is 117 Å². The predicted octanol–water partition coefficient (Wildman–Crippen LogP) is 7.09. The molecular weight excluding hydrogens is 364 g/mol. The van der Waals surface area contributed by atoms with Gasteiger partial charge in [-0.15, -0.1) is 12.4 Å². The molecule has 0 aliphatic rings. The van der Waals surface area contributed by atoms with Crippen molar-refractivity contribution in [3.05, 3.63) is 0 Å². The Morgan fingerprint density at radius 2 is 0.815 bits per heavy atom. The molecular formula is C22H43ClO4. The summed E-state index contributed by atoms with van der Waals surface area (Å²) in [5.41, 5.74) is 0. The van der Waals surface area contributed by atoms with Gasteiger partial charge < -0.3 is 10.2 Å². The zero-order valence-electron chi connectivity index (χ0n) is 17.6. The van der Waals surface area contributed by atoms with Gasteiger partial charge >= 0.3 is 11.9 Å². The first-order valence-electron chi connectivity index (χ1n) is 10.9. The van der Waals surface area contributed by atoms with Crippen molar-refractivity contribution in [2.24, 2.45) is 11.8 Å². The van der Waals surface area contributed by atoms with E-state index in [-0.39, 0.29) is 12.4 Å². The third-order valence-electron chi connectivity index (χ3n) is 5.32. The van der Waals surface area contributed by atoms with Gasteiger partial charge in [-0.25, -0.2) is 0 Å². The normalized spacial score (nSPS) is 13.0. The predicted molar refractivity (Wildman–Crippen MR) is 115 cm³/mol. The smallest absolute Gasteiger partial charge is 0.303 e. The van der Waals surface area contributed by atoms with E-state index < -0.39 is 11.9 Å². The summed E-state index contributed by atoms with van der Waals surface area (Å²) in [7, 11) is 0. The van der Waals surface area contributed by atoms with Crippen LogP contribution in [0.2, 0.25) is 0 Å². The first kappa shape index (κ1) is 28.4. The van der Waals surface area contributed by atoms with Crippen LogP contribution in [0.4, 0.5) is 0 Å². The Bertz CT molecular complexity index is 326. The summed E-state index contributed by atoms with van der Waals surface area (Å²) in [6.07, 6.45) is 17.0. The Labute approximate surface area is 172 Å². The van der Waals surface area contributed by atoms with Crippen LogP contribution < -0.4 is 0 Å². The molecule has 2 N–H and O–H groups in total. The minimum absolute atomic E-state index is 0. The molecule has 0 amide bonds. The number of carbonyl (C=O) groups is 2. The first-order valence-corrected chi connectivity index (χ1v) is 10.9. The van der Waals surface area contributed by atoms with Crippen LogP contribution in [0.25, 0.3) is 0 Å². The number of rotatable bonds is 19. The Balaban J connectivity index is 0. The SMILES string of the molecule is CC(CCCCCCC(=O)O)CCCCC(C)CCCCCCC(=O)O.Cl. The van der Waals surface area contributed by atoms with Crippen LogP contribution >= 0.6 is 12.4 Å². The van der Waals surface area contributed by atoms with E-state index in [0.29, 0.717) is 12.8 Å². The lowest BCUT2D eigenvalue weighted by atomic mass is 9.93. The van der Waals surface area contributed by atoms with E-state index >= 15 is 0 Å². The molecule has 0 saturated heterocycles. The van der Waals surface area contributed by atoms with E-state index in [4.69, 9.17) is 10.2 Å². The highest BCUT2D eigenvalue weighted by molar-refractivity contribution is 5.85. The van der Waals surface area contributed by atoms with E-state index in [1.54, 1.807) is 0 Å². The summed E-state index contributed by atoms with van der Waals surface area (Å²) in [6, 6.07) is 0. The summed E-state index contributed by atoms with van der Waals surface area (Å²) < 4.78 is 0. The topological polar surface area (TPSA) is 74.6 Å². The van der Waals surface area contributed by atoms with Crippen LogP contribution in [-0.4, -0.2) is 22.2 Å². The van der Waals surface area contributed by atoms with Gasteiger partial charge in [0.2, 0.25) is 0 Å². The van der Waals surface area contributed by atoms with Gasteiger partial charge in [-0.1, -0.05) is 90.9 Å². The first-order chi connectivity index (χ1) is 12.4. The highest BCUT2D eigenvalue weighted by atomic mass is 35.5. The van der Waals surface area contributed by atoms with Crippen LogP contribution in [0, 0.1) is 11.8 Å². The number of hydrogen-bond donors (Lipinski definition) is 2. The van der Waals surface area contributed by atoms with Crippen LogP contribution in [0.5, 0.6) is 0 Å². The molecule has 0 rings (SSSR count). The zero-order chi connectivity index (χ0) is 19.6. The van der Waals surface area contributed by atoms with Crippen molar-refractivity contribution in [2.75, 3.05) is 0 Å². The largest absolute Gasteiger partial charge is 0.481 e. The minimum atomic E-state index is -0.675. The van der Waals surface area contributed by atoms with Crippen molar-refractivity contribution in [3.8, 4) is 0 Å². The monoisotopic (exact) mass is 406 g/mol. The van der Waals surface area contributed by atoms with Gasteiger partial charge in [-0.05, 0) is 24.7 Å². The summed E-state index contributed by atoms with van der Waals surface area (Å²) in [6.45, 7) is 4.69. The highest BCUT2D eigenvalue weighted by Crippen LogP contribution is 2.21. The zero-order valence-corrected chi connectivity index (χ0v) is 18.4. The summed E-state index contributed by atoms with van der Waals surface area (Å²) >= 11 is 0. The third-order valence-corrected chi connectivity index (χ3v) is 5.32. The summed E-state index contributed by atoms with van der Waals surface area (Å²) in [4.78, 5) is 20.9. The molecule has 0 aliphatic carbocycles. The molecule has 0 heterocycles. The average molecular weight is 407 g/mol. The van der Waals surface area contributed by atoms with Crippen molar-refractivity contribution >= 4 is 24.3 Å². The Hall–Kier alpha value is -0.770. The number of hydrogen-bond acceptors (Lipinski definition) is 2. The molecule has 0 bridgehead atoms. The van der Waals surface area contributed by atoms with Crippen molar-refractivity contribution in [3.63, 3.8) is 0 Å². The number of carboxylic acid groups (broad SMARTS) is 2. The van der Waals surface area contributed by atoms with Crippen LogP contribution in [0.15, 0.2) is 0 Å².